The van der Waals surface area contributed by atoms with Crippen LogP contribution in [0.1, 0.15) is 19.8 Å². The lowest BCUT2D eigenvalue weighted by atomic mass is 10.2. The molecule has 1 aromatic rings. The van der Waals surface area contributed by atoms with Crippen LogP contribution in [0.15, 0.2) is 21.5 Å². The molecule has 0 amide bonds. The third-order valence-electron chi connectivity index (χ3n) is 2.86. The summed E-state index contributed by atoms with van der Waals surface area (Å²) in [5.74, 6) is 0.740. The number of benzene rings is 1. The van der Waals surface area contributed by atoms with Crippen LogP contribution < -0.4 is 14.2 Å². The van der Waals surface area contributed by atoms with Crippen molar-refractivity contribution >= 4 is 26.0 Å². The molecule has 8 heteroatoms. The summed E-state index contributed by atoms with van der Waals surface area (Å²) >= 11 is 3.21. The van der Waals surface area contributed by atoms with Gasteiger partial charge in [0, 0.05) is 17.1 Å². The van der Waals surface area contributed by atoms with E-state index in [1.54, 1.807) is 0 Å². The predicted octanol–water partition coefficient (Wildman–Crippen LogP) is 1.91. The number of hydrogen-bond acceptors (Lipinski definition) is 5. The zero-order valence-electron chi connectivity index (χ0n) is 12.2. The molecule has 0 saturated heterocycles. The Bertz CT molecular complexity index is 576. The average Bonchev–Trinajstić information content (AvgIpc) is 2.45. The number of methoxy groups -OCH3 is 2. The Morgan fingerprint density at radius 3 is 2.38 bits per heavy atom. The van der Waals surface area contributed by atoms with E-state index in [4.69, 9.17) is 9.47 Å². The number of aliphatic hydroxyl groups excluding tert-OH is 1. The standard InChI is InChI=1S/C13H20BrNO5S/c1-4-5-9(16)8-15-21(17,18)13-7-12(20-3)11(19-2)6-10(13)14/h6-7,9,15-16H,4-5,8H2,1-3H3. The lowest BCUT2D eigenvalue weighted by Crippen LogP contribution is -2.32. The molecule has 0 spiro atoms. The van der Waals surface area contributed by atoms with Crippen LogP contribution in [0.5, 0.6) is 11.5 Å². The van der Waals surface area contributed by atoms with Gasteiger partial charge in [-0.15, -0.1) is 0 Å². The van der Waals surface area contributed by atoms with Crippen molar-refractivity contribution in [3.63, 3.8) is 0 Å². The van der Waals surface area contributed by atoms with Crippen LogP contribution in [-0.2, 0) is 10.0 Å². The van der Waals surface area contributed by atoms with E-state index in [1.807, 2.05) is 6.92 Å². The number of nitrogens with one attached hydrogen (secondary N) is 1. The van der Waals surface area contributed by atoms with E-state index in [9.17, 15) is 13.5 Å². The fourth-order valence-corrected chi connectivity index (χ4v) is 3.87. The summed E-state index contributed by atoms with van der Waals surface area (Å²) in [7, 11) is -0.853. The number of ether oxygens (including phenoxy) is 2. The number of halogens is 1. The molecule has 0 saturated carbocycles. The van der Waals surface area contributed by atoms with Crippen molar-refractivity contribution in [1.82, 2.24) is 4.72 Å². The van der Waals surface area contributed by atoms with E-state index in [2.05, 4.69) is 20.7 Å². The van der Waals surface area contributed by atoms with Crippen LogP contribution in [0.2, 0.25) is 0 Å². The SMILES string of the molecule is CCCC(O)CNS(=O)(=O)c1cc(OC)c(OC)cc1Br. The van der Waals surface area contributed by atoms with Gasteiger partial charge in [0.05, 0.1) is 20.3 Å². The second kappa shape index (κ2) is 7.98. The van der Waals surface area contributed by atoms with E-state index in [-0.39, 0.29) is 11.4 Å². The van der Waals surface area contributed by atoms with Gasteiger partial charge in [-0.3, -0.25) is 0 Å². The molecular weight excluding hydrogens is 362 g/mol. The number of hydrogen-bond donors (Lipinski definition) is 2. The van der Waals surface area contributed by atoms with Crippen LogP contribution in [0.25, 0.3) is 0 Å². The number of sulfonamides is 1. The summed E-state index contributed by atoms with van der Waals surface area (Å²) < 4.78 is 37.5. The fraction of sp³-hybridized carbons (Fsp3) is 0.538. The van der Waals surface area contributed by atoms with Gasteiger partial charge in [-0.2, -0.15) is 0 Å². The highest BCUT2D eigenvalue weighted by molar-refractivity contribution is 9.10. The molecule has 1 aromatic carbocycles. The van der Waals surface area contributed by atoms with Crippen LogP contribution >= 0.6 is 15.9 Å². The molecule has 1 rings (SSSR count). The molecule has 6 nitrogen and oxygen atoms in total. The van der Waals surface area contributed by atoms with Crippen molar-refractivity contribution in [2.45, 2.75) is 30.8 Å². The first-order valence-electron chi connectivity index (χ1n) is 6.45. The first-order valence-corrected chi connectivity index (χ1v) is 8.72. The maximum Gasteiger partial charge on any atom is 0.241 e. The average molecular weight is 382 g/mol. The highest BCUT2D eigenvalue weighted by Gasteiger charge is 2.21. The van der Waals surface area contributed by atoms with Crippen LogP contribution in [-0.4, -0.2) is 40.4 Å². The minimum Gasteiger partial charge on any atom is -0.493 e. The lowest BCUT2D eigenvalue weighted by Gasteiger charge is -2.14. The van der Waals surface area contributed by atoms with Gasteiger partial charge < -0.3 is 14.6 Å². The monoisotopic (exact) mass is 381 g/mol. The lowest BCUT2D eigenvalue weighted by molar-refractivity contribution is 0.167. The van der Waals surface area contributed by atoms with E-state index in [0.717, 1.165) is 6.42 Å². The summed E-state index contributed by atoms with van der Waals surface area (Å²) in [6.45, 7) is 1.89. The second-order valence-electron chi connectivity index (χ2n) is 4.43. The summed E-state index contributed by atoms with van der Waals surface area (Å²) in [5, 5.41) is 9.63. The maximum atomic E-state index is 12.3. The van der Waals surface area contributed by atoms with E-state index >= 15 is 0 Å². The van der Waals surface area contributed by atoms with Crippen molar-refractivity contribution in [2.75, 3.05) is 20.8 Å². The minimum absolute atomic E-state index is 0.0308. The van der Waals surface area contributed by atoms with E-state index < -0.39 is 16.1 Å². The van der Waals surface area contributed by atoms with Gasteiger partial charge in [-0.25, -0.2) is 13.1 Å². The van der Waals surface area contributed by atoms with Gasteiger partial charge in [-0.1, -0.05) is 13.3 Å². The van der Waals surface area contributed by atoms with Gasteiger partial charge in [0.2, 0.25) is 10.0 Å². The van der Waals surface area contributed by atoms with Gasteiger partial charge in [0.25, 0.3) is 0 Å². The third-order valence-corrected chi connectivity index (χ3v) is 5.24. The molecule has 2 N–H and O–H groups in total. The Kier molecular flexibility index (Phi) is 6.92. The zero-order valence-corrected chi connectivity index (χ0v) is 14.6. The maximum absolute atomic E-state index is 12.3. The van der Waals surface area contributed by atoms with Crippen LogP contribution in [0.3, 0.4) is 0 Å². The molecule has 0 aliphatic heterocycles. The molecule has 1 atom stereocenters. The molecule has 21 heavy (non-hydrogen) atoms. The van der Waals surface area contributed by atoms with Gasteiger partial charge >= 0.3 is 0 Å². The normalized spacial score (nSPS) is 13.0. The van der Waals surface area contributed by atoms with E-state index in [0.29, 0.717) is 22.4 Å². The summed E-state index contributed by atoms with van der Waals surface area (Å²) in [6, 6.07) is 2.90. The second-order valence-corrected chi connectivity index (χ2v) is 7.02. The minimum atomic E-state index is -3.75. The predicted molar refractivity (Wildman–Crippen MR) is 83.3 cm³/mol. The fourth-order valence-electron chi connectivity index (χ4n) is 1.76. The van der Waals surface area contributed by atoms with Crippen molar-refractivity contribution in [3.05, 3.63) is 16.6 Å². The Morgan fingerprint density at radius 1 is 1.29 bits per heavy atom. The Hall–Kier alpha value is -0.830. The largest absolute Gasteiger partial charge is 0.493 e. The van der Waals surface area contributed by atoms with Gasteiger partial charge in [0.1, 0.15) is 4.90 Å². The molecule has 1 unspecified atom stereocenters. The Morgan fingerprint density at radius 2 is 1.86 bits per heavy atom. The first kappa shape index (κ1) is 18.2. The number of aliphatic hydroxyl groups is 1. The van der Waals surface area contributed by atoms with Crippen LogP contribution in [0, 0.1) is 0 Å². The third kappa shape index (κ3) is 4.84. The molecule has 0 aromatic heterocycles. The molecule has 0 heterocycles. The van der Waals surface area contributed by atoms with Crippen molar-refractivity contribution in [1.29, 1.82) is 0 Å². The summed E-state index contributed by atoms with van der Waals surface area (Å²) in [4.78, 5) is 0.0313. The van der Waals surface area contributed by atoms with Gasteiger partial charge in [-0.05, 0) is 28.4 Å². The molecule has 0 aliphatic carbocycles. The first-order chi connectivity index (χ1) is 9.85. The number of rotatable bonds is 8. The van der Waals surface area contributed by atoms with Crippen LogP contribution in [0.4, 0.5) is 0 Å². The molecule has 120 valence electrons. The zero-order chi connectivity index (χ0) is 16.0. The topological polar surface area (TPSA) is 84.9 Å². The molecule has 0 bridgehead atoms. The van der Waals surface area contributed by atoms with Gasteiger partial charge in [0.15, 0.2) is 11.5 Å². The van der Waals surface area contributed by atoms with Crippen molar-refractivity contribution in [2.24, 2.45) is 0 Å². The Labute approximate surface area is 133 Å². The highest BCUT2D eigenvalue weighted by Crippen LogP contribution is 2.35. The molecule has 0 aliphatic rings. The quantitative estimate of drug-likeness (QED) is 0.718. The van der Waals surface area contributed by atoms with Crippen molar-refractivity contribution < 1.29 is 23.0 Å². The molecule has 0 radical (unpaired) electrons. The summed E-state index contributed by atoms with van der Waals surface area (Å²) in [6.07, 6.45) is 0.613. The Balaban J connectivity index is 3.02. The molecular formula is C13H20BrNO5S. The summed E-state index contributed by atoms with van der Waals surface area (Å²) in [5.41, 5.74) is 0. The smallest absolute Gasteiger partial charge is 0.241 e. The van der Waals surface area contributed by atoms with Crippen molar-refractivity contribution in [3.8, 4) is 11.5 Å². The van der Waals surface area contributed by atoms with E-state index in [1.165, 1.54) is 26.4 Å². The molecule has 0 fully saturated rings. The highest BCUT2D eigenvalue weighted by atomic mass is 79.9.